The Kier molecular flexibility index (Phi) is 3.84. The van der Waals surface area contributed by atoms with Crippen LogP contribution in [0.1, 0.15) is 31.7 Å². The summed E-state index contributed by atoms with van der Waals surface area (Å²) in [5.74, 6) is 0.434. The number of hydrogen-bond acceptors (Lipinski definition) is 3. The van der Waals surface area contributed by atoms with Gasteiger partial charge in [-0.25, -0.2) is 0 Å². The second-order valence-corrected chi connectivity index (χ2v) is 8.03. The molecule has 0 bridgehead atoms. The van der Waals surface area contributed by atoms with Gasteiger partial charge in [-0.3, -0.25) is 4.31 Å². The third-order valence-electron chi connectivity index (χ3n) is 4.40. The van der Waals surface area contributed by atoms with E-state index in [-0.39, 0.29) is 0 Å². The normalized spacial score (nSPS) is 23.9. The van der Waals surface area contributed by atoms with Gasteiger partial charge in [0.15, 0.2) is 0 Å². The number of nitrogens with two attached hydrogens (primary N) is 1. The van der Waals surface area contributed by atoms with E-state index in [4.69, 9.17) is 5.73 Å². The number of rotatable bonds is 2. The fourth-order valence-corrected chi connectivity index (χ4v) is 5.19. The lowest BCUT2D eigenvalue weighted by Crippen LogP contribution is -2.49. The van der Waals surface area contributed by atoms with Crippen LogP contribution in [0.4, 0.5) is 11.4 Å². The summed E-state index contributed by atoms with van der Waals surface area (Å²) in [6.07, 6.45) is 3.80. The Morgan fingerprint density at radius 1 is 1.24 bits per heavy atom. The standard InChI is InChI=1S/C15H23N3O2S/c1-12-4-2-8-17(11-12)21(19,20)18-9-3-5-13-10-14(16)6-7-15(13)18/h6-7,10,12H,2-5,8-9,11,16H2,1H3. The smallest absolute Gasteiger partial charge is 0.304 e. The van der Waals surface area contributed by atoms with Crippen molar-refractivity contribution in [2.45, 2.75) is 32.6 Å². The molecule has 0 amide bonds. The van der Waals surface area contributed by atoms with Gasteiger partial charge in [0, 0.05) is 25.3 Å². The van der Waals surface area contributed by atoms with Crippen LogP contribution in [-0.4, -0.2) is 32.4 Å². The SMILES string of the molecule is CC1CCCN(S(=O)(=O)N2CCCc3cc(N)ccc32)C1. The summed E-state index contributed by atoms with van der Waals surface area (Å²) in [6, 6.07) is 5.52. The maximum absolute atomic E-state index is 13.0. The third kappa shape index (κ3) is 2.74. The van der Waals surface area contributed by atoms with Crippen LogP contribution in [0.2, 0.25) is 0 Å². The minimum Gasteiger partial charge on any atom is -0.399 e. The van der Waals surface area contributed by atoms with Crippen molar-refractivity contribution in [3.05, 3.63) is 23.8 Å². The van der Waals surface area contributed by atoms with Crippen molar-refractivity contribution < 1.29 is 8.42 Å². The molecule has 2 aliphatic rings. The highest BCUT2D eigenvalue weighted by atomic mass is 32.2. The molecular formula is C15H23N3O2S. The fraction of sp³-hybridized carbons (Fsp3) is 0.600. The number of hydrogen-bond donors (Lipinski definition) is 1. The number of piperidine rings is 1. The minimum atomic E-state index is -3.42. The van der Waals surface area contributed by atoms with E-state index in [0.29, 0.717) is 31.2 Å². The van der Waals surface area contributed by atoms with Crippen LogP contribution in [0.5, 0.6) is 0 Å². The van der Waals surface area contributed by atoms with E-state index >= 15 is 0 Å². The van der Waals surface area contributed by atoms with E-state index in [0.717, 1.165) is 36.9 Å². The van der Waals surface area contributed by atoms with E-state index in [2.05, 4.69) is 6.92 Å². The van der Waals surface area contributed by atoms with Gasteiger partial charge in [0.25, 0.3) is 0 Å². The molecule has 0 aliphatic carbocycles. The Hall–Kier alpha value is -1.27. The van der Waals surface area contributed by atoms with Crippen molar-refractivity contribution in [2.75, 3.05) is 29.7 Å². The zero-order valence-electron chi connectivity index (χ0n) is 12.5. The van der Waals surface area contributed by atoms with Crippen LogP contribution in [-0.2, 0) is 16.6 Å². The molecule has 116 valence electrons. The Balaban J connectivity index is 1.94. The van der Waals surface area contributed by atoms with Gasteiger partial charge in [-0.15, -0.1) is 0 Å². The Bertz CT molecular complexity index is 630. The molecule has 1 aromatic rings. The molecule has 1 aromatic carbocycles. The highest BCUT2D eigenvalue weighted by molar-refractivity contribution is 7.90. The average molecular weight is 309 g/mol. The van der Waals surface area contributed by atoms with Gasteiger partial charge < -0.3 is 5.73 Å². The predicted molar refractivity (Wildman–Crippen MR) is 85.4 cm³/mol. The first kappa shape index (κ1) is 14.7. The van der Waals surface area contributed by atoms with Crippen molar-refractivity contribution in [3.8, 4) is 0 Å². The molecule has 5 nitrogen and oxygen atoms in total. The summed E-state index contributed by atoms with van der Waals surface area (Å²) >= 11 is 0. The topological polar surface area (TPSA) is 66.6 Å². The first-order chi connectivity index (χ1) is 9.98. The summed E-state index contributed by atoms with van der Waals surface area (Å²) < 4.78 is 29.1. The summed E-state index contributed by atoms with van der Waals surface area (Å²) in [7, 11) is -3.42. The molecule has 2 aliphatic heterocycles. The summed E-state index contributed by atoms with van der Waals surface area (Å²) in [6.45, 7) is 3.94. The Morgan fingerprint density at radius 2 is 2.05 bits per heavy atom. The van der Waals surface area contributed by atoms with Crippen molar-refractivity contribution >= 4 is 21.6 Å². The van der Waals surface area contributed by atoms with Gasteiger partial charge >= 0.3 is 10.2 Å². The quantitative estimate of drug-likeness (QED) is 0.850. The van der Waals surface area contributed by atoms with Crippen molar-refractivity contribution in [2.24, 2.45) is 5.92 Å². The average Bonchev–Trinajstić information content (AvgIpc) is 2.46. The summed E-state index contributed by atoms with van der Waals surface area (Å²) in [5.41, 5.74) is 8.35. The number of nitrogen functional groups attached to an aromatic ring is 1. The molecule has 0 radical (unpaired) electrons. The lowest BCUT2D eigenvalue weighted by molar-refractivity contribution is 0.280. The van der Waals surface area contributed by atoms with Crippen molar-refractivity contribution in [1.29, 1.82) is 0 Å². The van der Waals surface area contributed by atoms with E-state index in [1.54, 1.807) is 14.7 Å². The van der Waals surface area contributed by atoms with Gasteiger partial charge in [0.05, 0.1) is 5.69 Å². The van der Waals surface area contributed by atoms with Crippen LogP contribution in [0.3, 0.4) is 0 Å². The molecule has 1 atom stereocenters. The van der Waals surface area contributed by atoms with Gasteiger partial charge in [0.2, 0.25) is 0 Å². The third-order valence-corrected chi connectivity index (χ3v) is 6.32. The van der Waals surface area contributed by atoms with Crippen LogP contribution < -0.4 is 10.0 Å². The lowest BCUT2D eigenvalue weighted by Gasteiger charge is -2.37. The second kappa shape index (κ2) is 5.50. The van der Waals surface area contributed by atoms with Crippen LogP contribution in [0.15, 0.2) is 18.2 Å². The number of aryl methyl sites for hydroxylation is 1. The van der Waals surface area contributed by atoms with Gasteiger partial charge in [-0.1, -0.05) is 6.92 Å². The molecule has 1 unspecified atom stereocenters. The predicted octanol–water partition coefficient (Wildman–Crippen LogP) is 2.00. The van der Waals surface area contributed by atoms with E-state index in [9.17, 15) is 8.42 Å². The lowest BCUT2D eigenvalue weighted by atomic mass is 10.0. The van der Waals surface area contributed by atoms with Gasteiger partial charge in [0.1, 0.15) is 0 Å². The van der Waals surface area contributed by atoms with E-state index < -0.39 is 10.2 Å². The maximum atomic E-state index is 13.0. The Morgan fingerprint density at radius 3 is 2.81 bits per heavy atom. The van der Waals surface area contributed by atoms with E-state index in [1.165, 1.54) is 0 Å². The molecule has 6 heteroatoms. The molecule has 0 saturated carbocycles. The molecule has 2 N–H and O–H groups in total. The number of fused-ring (bicyclic) bond motifs is 1. The monoisotopic (exact) mass is 309 g/mol. The Labute approximate surface area is 126 Å². The highest BCUT2D eigenvalue weighted by Crippen LogP contribution is 2.33. The molecule has 2 heterocycles. The second-order valence-electron chi connectivity index (χ2n) is 6.18. The van der Waals surface area contributed by atoms with Crippen LogP contribution in [0.25, 0.3) is 0 Å². The molecule has 1 fully saturated rings. The zero-order chi connectivity index (χ0) is 15.0. The zero-order valence-corrected chi connectivity index (χ0v) is 13.3. The molecule has 1 saturated heterocycles. The first-order valence-corrected chi connectivity index (χ1v) is 9.04. The maximum Gasteiger partial charge on any atom is 0.304 e. The van der Waals surface area contributed by atoms with Crippen LogP contribution in [0, 0.1) is 5.92 Å². The molecule has 0 spiro atoms. The molecule has 0 aromatic heterocycles. The van der Waals surface area contributed by atoms with Gasteiger partial charge in [-0.05, 0) is 55.4 Å². The minimum absolute atomic E-state index is 0.434. The number of benzene rings is 1. The van der Waals surface area contributed by atoms with E-state index in [1.807, 2.05) is 12.1 Å². The summed E-state index contributed by atoms with van der Waals surface area (Å²) in [5, 5.41) is 0. The molecular weight excluding hydrogens is 286 g/mol. The first-order valence-electron chi connectivity index (χ1n) is 7.64. The molecule has 21 heavy (non-hydrogen) atoms. The number of anilines is 2. The summed E-state index contributed by atoms with van der Waals surface area (Å²) in [4.78, 5) is 0. The van der Waals surface area contributed by atoms with Crippen molar-refractivity contribution in [3.63, 3.8) is 0 Å². The highest BCUT2D eigenvalue weighted by Gasteiger charge is 2.34. The van der Waals surface area contributed by atoms with Crippen LogP contribution >= 0.6 is 0 Å². The van der Waals surface area contributed by atoms with Crippen molar-refractivity contribution in [1.82, 2.24) is 4.31 Å². The largest absolute Gasteiger partial charge is 0.399 e. The number of nitrogens with zero attached hydrogens (tertiary/aromatic N) is 2. The fourth-order valence-electron chi connectivity index (χ4n) is 3.32. The molecule has 3 rings (SSSR count). The van der Waals surface area contributed by atoms with Gasteiger partial charge in [-0.2, -0.15) is 12.7 Å².